The number of piperidine rings is 1. The van der Waals surface area contributed by atoms with Crippen LogP contribution in [0.3, 0.4) is 0 Å². The van der Waals surface area contributed by atoms with Crippen LogP contribution in [-0.2, 0) is 0 Å². The third-order valence-corrected chi connectivity index (χ3v) is 4.78. The van der Waals surface area contributed by atoms with Gasteiger partial charge < -0.3 is 15.0 Å². The molecule has 0 aliphatic carbocycles. The highest BCUT2D eigenvalue weighted by molar-refractivity contribution is 5.71. The van der Waals surface area contributed by atoms with Gasteiger partial charge in [-0.3, -0.25) is 0 Å². The Balaban J connectivity index is 1.57. The van der Waals surface area contributed by atoms with E-state index in [1.165, 1.54) is 12.1 Å². The molecular weight excluding hydrogens is 357 g/mol. The van der Waals surface area contributed by atoms with Gasteiger partial charge in [0.25, 0.3) is 0 Å². The topological polar surface area (TPSA) is 62.8 Å². The van der Waals surface area contributed by atoms with Gasteiger partial charge in [-0.25, -0.2) is 9.97 Å². The standard InChI is InChI=1S/C19H19F3N4O/c1-11-8-13(6-7-23-11)18-24-10-17-16(26-18)9-15(25-17)12-2-4-14(5-3-12)27-19(20,21)22/h2-5,9-11,13,23H,6-8H2,1H3,(H,24,26). The smallest absolute Gasteiger partial charge is 0.406 e. The molecule has 2 unspecified atom stereocenters. The average Bonchev–Trinajstić information content (AvgIpc) is 3.04. The molecule has 0 amide bonds. The zero-order valence-electron chi connectivity index (χ0n) is 14.7. The summed E-state index contributed by atoms with van der Waals surface area (Å²) in [5.41, 5.74) is 2.99. The maximum atomic E-state index is 12.3. The Hall–Kier alpha value is -2.61. The Morgan fingerprint density at radius 3 is 2.63 bits per heavy atom. The lowest BCUT2D eigenvalue weighted by molar-refractivity contribution is -0.274. The Morgan fingerprint density at radius 1 is 1.15 bits per heavy atom. The van der Waals surface area contributed by atoms with E-state index in [-0.39, 0.29) is 5.75 Å². The molecule has 5 nitrogen and oxygen atoms in total. The van der Waals surface area contributed by atoms with E-state index in [1.807, 2.05) is 6.07 Å². The van der Waals surface area contributed by atoms with Crippen molar-refractivity contribution in [3.63, 3.8) is 0 Å². The number of benzene rings is 1. The molecule has 0 aromatic heterocycles. The molecule has 142 valence electrons. The zero-order chi connectivity index (χ0) is 19.0. The molecule has 0 radical (unpaired) electrons. The summed E-state index contributed by atoms with van der Waals surface area (Å²) in [5.74, 6) is 1.07. The molecule has 1 saturated heterocycles. The zero-order valence-corrected chi connectivity index (χ0v) is 14.7. The lowest BCUT2D eigenvalue weighted by Gasteiger charge is -2.27. The van der Waals surface area contributed by atoms with Crippen molar-refractivity contribution in [3.8, 4) is 28.4 Å². The normalized spacial score (nSPS) is 20.7. The molecule has 0 bridgehead atoms. The van der Waals surface area contributed by atoms with Crippen molar-refractivity contribution in [2.45, 2.75) is 38.1 Å². The highest BCUT2D eigenvalue weighted by Crippen LogP contribution is 2.32. The minimum absolute atomic E-state index is 0.252. The summed E-state index contributed by atoms with van der Waals surface area (Å²) in [6.45, 7) is 3.13. The maximum Gasteiger partial charge on any atom is 0.573 e. The van der Waals surface area contributed by atoms with E-state index in [4.69, 9.17) is 0 Å². The van der Waals surface area contributed by atoms with Crippen molar-refractivity contribution >= 4 is 0 Å². The fourth-order valence-electron chi connectivity index (χ4n) is 3.50. The van der Waals surface area contributed by atoms with Crippen molar-refractivity contribution in [3.05, 3.63) is 42.4 Å². The van der Waals surface area contributed by atoms with Crippen molar-refractivity contribution in [1.29, 1.82) is 0 Å². The molecule has 8 heteroatoms. The van der Waals surface area contributed by atoms with Gasteiger partial charge in [0, 0.05) is 17.5 Å². The van der Waals surface area contributed by atoms with Crippen molar-refractivity contribution in [2.75, 3.05) is 6.54 Å². The van der Waals surface area contributed by atoms with Gasteiger partial charge in [0.1, 0.15) is 17.3 Å². The minimum Gasteiger partial charge on any atom is -0.406 e. The second-order valence-corrected chi connectivity index (χ2v) is 6.86. The van der Waals surface area contributed by atoms with Crippen molar-refractivity contribution in [1.82, 2.24) is 20.3 Å². The number of nitrogens with zero attached hydrogens (tertiary/aromatic N) is 2. The number of halogens is 3. The molecule has 0 spiro atoms. The Labute approximate surface area is 154 Å². The second-order valence-electron chi connectivity index (χ2n) is 6.86. The Kier molecular flexibility index (Phi) is 4.51. The first kappa shape index (κ1) is 17.8. The molecule has 27 heavy (non-hydrogen) atoms. The summed E-state index contributed by atoms with van der Waals surface area (Å²) in [4.78, 5) is 12.4. The summed E-state index contributed by atoms with van der Waals surface area (Å²) in [7, 11) is 0. The summed E-state index contributed by atoms with van der Waals surface area (Å²) < 4.78 is 40.7. The summed E-state index contributed by atoms with van der Waals surface area (Å²) in [5, 5.41) is 3.43. The van der Waals surface area contributed by atoms with E-state index in [0.717, 1.165) is 36.6 Å². The highest BCUT2D eigenvalue weighted by Gasteiger charge is 2.31. The van der Waals surface area contributed by atoms with E-state index >= 15 is 0 Å². The first-order valence-electron chi connectivity index (χ1n) is 8.82. The van der Waals surface area contributed by atoms with Gasteiger partial charge in [-0.05, 0) is 56.6 Å². The predicted molar refractivity (Wildman–Crippen MR) is 94.6 cm³/mol. The SMILES string of the molecule is CC1CC(c2ncc3nc(-c4ccc(OC(F)(F)F)cc4)cc-3[nH]2)CCN1. The number of aromatic amines is 1. The number of fused-ring (bicyclic) bond motifs is 1. The lowest BCUT2D eigenvalue weighted by Crippen LogP contribution is -2.35. The molecule has 4 rings (SSSR count). The first-order valence-corrected chi connectivity index (χ1v) is 8.82. The van der Waals surface area contributed by atoms with Crippen molar-refractivity contribution < 1.29 is 17.9 Å². The third kappa shape index (κ3) is 4.05. The summed E-state index contributed by atoms with van der Waals surface area (Å²) >= 11 is 0. The molecule has 2 atom stereocenters. The van der Waals surface area contributed by atoms with Gasteiger partial charge in [-0.1, -0.05) is 0 Å². The van der Waals surface area contributed by atoms with Crippen LogP contribution < -0.4 is 10.1 Å². The molecule has 3 aliphatic heterocycles. The van der Waals surface area contributed by atoms with Crippen LogP contribution in [0.15, 0.2) is 36.5 Å². The molecule has 3 aliphatic rings. The van der Waals surface area contributed by atoms with Crippen LogP contribution in [0, 0.1) is 0 Å². The third-order valence-electron chi connectivity index (χ3n) is 4.78. The van der Waals surface area contributed by atoms with Gasteiger partial charge in [0.15, 0.2) is 0 Å². The number of aromatic nitrogens is 3. The number of ether oxygens (including phenoxy) is 1. The van der Waals surface area contributed by atoms with Crippen LogP contribution in [0.5, 0.6) is 5.75 Å². The quantitative estimate of drug-likeness (QED) is 0.714. The molecule has 0 saturated carbocycles. The van der Waals surface area contributed by atoms with E-state index in [0.29, 0.717) is 23.2 Å². The second kappa shape index (κ2) is 6.84. The van der Waals surface area contributed by atoms with Gasteiger partial charge in [0.2, 0.25) is 0 Å². The fraction of sp³-hybridized carbons (Fsp3) is 0.368. The van der Waals surface area contributed by atoms with Gasteiger partial charge in [-0.15, -0.1) is 13.2 Å². The molecule has 3 heterocycles. The first-order chi connectivity index (χ1) is 12.9. The molecular formula is C19H19F3N4O. The van der Waals surface area contributed by atoms with Crippen LogP contribution >= 0.6 is 0 Å². The number of H-pyrrole nitrogens is 1. The highest BCUT2D eigenvalue weighted by atomic mass is 19.4. The maximum absolute atomic E-state index is 12.3. The summed E-state index contributed by atoms with van der Waals surface area (Å²) in [6, 6.07) is 8.04. The van der Waals surface area contributed by atoms with Crippen LogP contribution in [0.4, 0.5) is 13.2 Å². The largest absolute Gasteiger partial charge is 0.573 e. The molecule has 1 aromatic rings. The van der Waals surface area contributed by atoms with Crippen LogP contribution in [0.1, 0.15) is 31.5 Å². The van der Waals surface area contributed by atoms with E-state index in [1.54, 1.807) is 18.3 Å². The van der Waals surface area contributed by atoms with Gasteiger partial charge >= 0.3 is 6.36 Å². The summed E-state index contributed by atoms with van der Waals surface area (Å²) in [6.07, 6.45) is -0.895. The number of hydrogen-bond acceptors (Lipinski definition) is 4. The Bertz CT molecular complexity index is 891. The van der Waals surface area contributed by atoms with Gasteiger partial charge in [0.05, 0.1) is 17.6 Å². The van der Waals surface area contributed by atoms with Crippen LogP contribution in [-0.4, -0.2) is 33.9 Å². The number of hydrogen-bond donors (Lipinski definition) is 2. The number of alkyl halides is 3. The van der Waals surface area contributed by atoms with Crippen LogP contribution in [0.25, 0.3) is 22.6 Å². The Morgan fingerprint density at radius 2 is 1.93 bits per heavy atom. The molecule has 2 N–H and O–H groups in total. The lowest BCUT2D eigenvalue weighted by atomic mass is 9.92. The number of nitrogens with one attached hydrogen (secondary N) is 2. The van der Waals surface area contributed by atoms with Crippen LogP contribution in [0.2, 0.25) is 0 Å². The number of rotatable bonds is 3. The van der Waals surface area contributed by atoms with E-state index in [2.05, 4.69) is 31.9 Å². The molecule has 1 aromatic carbocycles. The predicted octanol–water partition coefficient (Wildman–Crippen LogP) is 4.33. The average molecular weight is 376 g/mol. The minimum atomic E-state index is -4.70. The van der Waals surface area contributed by atoms with Gasteiger partial charge in [-0.2, -0.15) is 0 Å². The van der Waals surface area contributed by atoms with E-state index in [9.17, 15) is 13.2 Å². The molecule has 1 fully saturated rings. The monoisotopic (exact) mass is 376 g/mol. The van der Waals surface area contributed by atoms with Crippen molar-refractivity contribution in [2.24, 2.45) is 0 Å². The fourth-order valence-corrected chi connectivity index (χ4v) is 3.50. The van der Waals surface area contributed by atoms with E-state index < -0.39 is 6.36 Å².